The van der Waals surface area contributed by atoms with Gasteiger partial charge in [-0.15, -0.1) is 0 Å². The second kappa shape index (κ2) is 10.7. The van der Waals surface area contributed by atoms with Crippen LogP contribution in [0.3, 0.4) is 0 Å². The van der Waals surface area contributed by atoms with Crippen LogP contribution in [0.2, 0.25) is 0 Å². The molecule has 31 heavy (non-hydrogen) atoms. The van der Waals surface area contributed by atoms with Crippen LogP contribution in [0.15, 0.2) is 59.9 Å². The van der Waals surface area contributed by atoms with Gasteiger partial charge in [-0.05, 0) is 66.6 Å². The fourth-order valence-electron chi connectivity index (χ4n) is 3.50. The summed E-state index contributed by atoms with van der Waals surface area (Å²) >= 11 is 0. The largest absolute Gasteiger partial charge is 0.479 e. The molecule has 0 aliphatic carbocycles. The van der Waals surface area contributed by atoms with Gasteiger partial charge in [-0.1, -0.05) is 43.6 Å². The van der Waals surface area contributed by atoms with Gasteiger partial charge in [-0.25, -0.2) is 4.79 Å². The molecular formula is C25H30N2O4. The molecule has 2 aromatic carbocycles. The van der Waals surface area contributed by atoms with E-state index in [4.69, 9.17) is 9.57 Å². The SMILES string of the molecule is CCC/C(=N/OCCn1ccc2ccccc21)c1ccc(OC(CC)C(=O)O)c(C)c1. The highest BCUT2D eigenvalue weighted by molar-refractivity contribution is 6.00. The highest BCUT2D eigenvalue weighted by atomic mass is 16.6. The van der Waals surface area contributed by atoms with Gasteiger partial charge < -0.3 is 19.2 Å². The number of hydrogen-bond donors (Lipinski definition) is 1. The van der Waals surface area contributed by atoms with Gasteiger partial charge in [0, 0.05) is 11.7 Å². The van der Waals surface area contributed by atoms with E-state index in [9.17, 15) is 9.90 Å². The first kappa shape index (κ1) is 22.4. The van der Waals surface area contributed by atoms with Crippen LogP contribution in [0, 0.1) is 6.92 Å². The quantitative estimate of drug-likeness (QED) is 0.255. The van der Waals surface area contributed by atoms with Gasteiger partial charge in [0.05, 0.1) is 12.3 Å². The molecule has 0 aliphatic heterocycles. The number of carbonyl (C=O) groups is 1. The molecule has 1 atom stereocenters. The van der Waals surface area contributed by atoms with Gasteiger partial charge in [0.15, 0.2) is 6.10 Å². The zero-order valence-corrected chi connectivity index (χ0v) is 18.4. The summed E-state index contributed by atoms with van der Waals surface area (Å²) in [7, 11) is 0. The van der Waals surface area contributed by atoms with Gasteiger partial charge in [0.25, 0.3) is 0 Å². The predicted octanol–water partition coefficient (Wildman–Crippen LogP) is 5.41. The summed E-state index contributed by atoms with van der Waals surface area (Å²) in [4.78, 5) is 16.9. The molecule has 0 fully saturated rings. The lowest BCUT2D eigenvalue weighted by atomic mass is 10.0. The van der Waals surface area contributed by atoms with Gasteiger partial charge in [-0.3, -0.25) is 0 Å². The molecule has 1 unspecified atom stereocenters. The Balaban J connectivity index is 1.67. The molecule has 0 radical (unpaired) electrons. The van der Waals surface area contributed by atoms with E-state index >= 15 is 0 Å². The summed E-state index contributed by atoms with van der Waals surface area (Å²) in [5.74, 6) is -0.377. The zero-order valence-electron chi connectivity index (χ0n) is 18.4. The number of carboxylic acids is 1. The van der Waals surface area contributed by atoms with Crippen molar-refractivity contribution in [3.05, 3.63) is 65.9 Å². The standard InChI is InChI=1S/C25H30N2O4/c1-4-8-21(20-11-12-24(18(3)17-20)31-23(5-2)25(28)29)26-30-16-15-27-14-13-19-9-6-7-10-22(19)27/h6-7,9-14,17,23H,4-5,8,15-16H2,1-3H3,(H,28,29)/b26-21-. The van der Waals surface area contributed by atoms with Crippen LogP contribution in [-0.2, 0) is 16.2 Å². The number of fused-ring (bicyclic) bond motifs is 1. The van der Waals surface area contributed by atoms with Crippen LogP contribution in [0.5, 0.6) is 5.75 Å². The molecule has 6 heteroatoms. The van der Waals surface area contributed by atoms with Crippen LogP contribution in [-0.4, -0.2) is 34.1 Å². The molecule has 3 rings (SSSR count). The molecule has 0 saturated carbocycles. The number of ether oxygens (including phenoxy) is 1. The van der Waals surface area contributed by atoms with Crippen LogP contribution in [0.4, 0.5) is 0 Å². The van der Waals surface area contributed by atoms with E-state index in [1.54, 1.807) is 6.92 Å². The number of nitrogens with zero attached hydrogens (tertiary/aromatic N) is 2. The Kier molecular flexibility index (Phi) is 7.70. The lowest BCUT2D eigenvalue weighted by Crippen LogP contribution is -2.26. The van der Waals surface area contributed by atoms with Crippen molar-refractivity contribution in [2.75, 3.05) is 6.61 Å². The Labute approximate surface area is 183 Å². The predicted molar refractivity (Wildman–Crippen MR) is 123 cm³/mol. The highest BCUT2D eigenvalue weighted by Crippen LogP contribution is 2.23. The van der Waals surface area contributed by atoms with Crippen LogP contribution in [0.1, 0.15) is 44.2 Å². The fraction of sp³-hybridized carbons (Fsp3) is 0.360. The Morgan fingerprint density at radius 1 is 1.16 bits per heavy atom. The van der Waals surface area contributed by atoms with Crippen LogP contribution >= 0.6 is 0 Å². The summed E-state index contributed by atoms with van der Waals surface area (Å²) in [6.45, 7) is 7.00. The molecule has 1 aromatic heterocycles. The lowest BCUT2D eigenvalue weighted by Gasteiger charge is -2.16. The monoisotopic (exact) mass is 422 g/mol. The summed E-state index contributed by atoms with van der Waals surface area (Å²) in [5.41, 5.74) is 3.89. The zero-order chi connectivity index (χ0) is 22.2. The molecule has 0 saturated heterocycles. The minimum atomic E-state index is -0.955. The van der Waals surface area contributed by atoms with Crippen LogP contribution < -0.4 is 4.74 Å². The van der Waals surface area contributed by atoms with E-state index in [0.29, 0.717) is 18.8 Å². The topological polar surface area (TPSA) is 73.0 Å². The van der Waals surface area contributed by atoms with Gasteiger partial charge in [0.2, 0.25) is 0 Å². The summed E-state index contributed by atoms with van der Waals surface area (Å²) in [6.07, 6.45) is 3.36. The Morgan fingerprint density at radius 3 is 2.68 bits per heavy atom. The number of hydrogen-bond acceptors (Lipinski definition) is 4. The summed E-state index contributed by atoms with van der Waals surface area (Å²) in [6, 6.07) is 16.1. The maximum Gasteiger partial charge on any atom is 0.344 e. The maximum atomic E-state index is 11.2. The van der Waals surface area contributed by atoms with Gasteiger partial charge in [-0.2, -0.15) is 0 Å². The third kappa shape index (κ3) is 5.66. The van der Waals surface area contributed by atoms with Crippen molar-refractivity contribution in [2.45, 2.75) is 52.7 Å². The average molecular weight is 423 g/mol. The first-order valence-electron chi connectivity index (χ1n) is 10.8. The molecule has 1 heterocycles. The van der Waals surface area contributed by atoms with Crippen molar-refractivity contribution in [3.63, 3.8) is 0 Å². The Bertz CT molecular complexity index is 1050. The number of para-hydroxylation sites is 1. The number of oxime groups is 1. The molecule has 3 aromatic rings. The molecule has 1 N–H and O–H groups in total. The summed E-state index contributed by atoms with van der Waals surface area (Å²) < 4.78 is 7.81. The van der Waals surface area contributed by atoms with Gasteiger partial charge >= 0.3 is 5.97 Å². The second-order valence-electron chi connectivity index (χ2n) is 7.52. The summed E-state index contributed by atoms with van der Waals surface area (Å²) in [5, 5.41) is 14.8. The number of aliphatic carboxylic acids is 1. The number of carboxylic acid groups (broad SMARTS) is 1. The van der Waals surface area contributed by atoms with E-state index in [-0.39, 0.29) is 0 Å². The van der Waals surface area contributed by atoms with Gasteiger partial charge in [0.1, 0.15) is 12.4 Å². The number of benzene rings is 2. The Morgan fingerprint density at radius 2 is 1.97 bits per heavy atom. The number of aromatic nitrogens is 1. The van der Waals surface area contributed by atoms with Crippen LogP contribution in [0.25, 0.3) is 10.9 Å². The molecular weight excluding hydrogens is 392 g/mol. The van der Waals surface area contributed by atoms with Crippen molar-refractivity contribution in [2.24, 2.45) is 5.16 Å². The second-order valence-corrected chi connectivity index (χ2v) is 7.52. The highest BCUT2D eigenvalue weighted by Gasteiger charge is 2.18. The van der Waals surface area contributed by atoms with Crippen molar-refractivity contribution in [1.82, 2.24) is 4.57 Å². The first-order chi connectivity index (χ1) is 15.0. The van der Waals surface area contributed by atoms with Crippen molar-refractivity contribution in [3.8, 4) is 5.75 Å². The van der Waals surface area contributed by atoms with Crippen molar-refractivity contribution in [1.29, 1.82) is 0 Å². The first-order valence-corrected chi connectivity index (χ1v) is 10.8. The van der Waals surface area contributed by atoms with E-state index < -0.39 is 12.1 Å². The fourth-order valence-corrected chi connectivity index (χ4v) is 3.50. The van der Waals surface area contributed by atoms with E-state index in [1.165, 1.54) is 10.9 Å². The maximum absolute atomic E-state index is 11.2. The van der Waals surface area contributed by atoms with Crippen molar-refractivity contribution < 1.29 is 19.5 Å². The third-order valence-electron chi connectivity index (χ3n) is 5.19. The van der Waals surface area contributed by atoms with Crippen molar-refractivity contribution >= 4 is 22.6 Å². The molecule has 6 nitrogen and oxygen atoms in total. The number of aryl methyl sites for hydroxylation is 1. The minimum absolute atomic E-state index is 0.406. The molecule has 0 amide bonds. The normalized spacial score (nSPS) is 12.7. The molecule has 0 spiro atoms. The van der Waals surface area contributed by atoms with E-state index in [1.807, 2.05) is 37.3 Å². The number of rotatable bonds is 11. The lowest BCUT2D eigenvalue weighted by molar-refractivity contribution is -0.145. The van der Waals surface area contributed by atoms with E-state index in [0.717, 1.165) is 36.2 Å². The van der Waals surface area contributed by atoms with E-state index in [2.05, 4.69) is 41.0 Å². The third-order valence-corrected chi connectivity index (χ3v) is 5.19. The molecule has 0 aliphatic rings. The molecule has 164 valence electrons. The Hall–Kier alpha value is -3.28. The average Bonchev–Trinajstić information content (AvgIpc) is 3.18. The smallest absolute Gasteiger partial charge is 0.344 e. The minimum Gasteiger partial charge on any atom is -0.479 e. The molecule has 0 bridgehead atoms.